The van der Waals surface area contributed by atoms with Gasteiger partial charge in [0.05, 0.1) is 5.69 Å². The van der Waals surface area contributed by atoms with Gasteiger partial charge in [0.25, 0.3) is 0 Å². The number of aromatic nitrogens is 1. The maximum Gasteiger partial charge on any atom is 0.0702 e. The molecule has 0 spiro atoms. The molecule has 1 aromatic heterocycles. The van der Waals surface area contributed by atoms with E-state index < -0.39 is 0 Å². The van der Waals surface area contributed by atoms with Gasteiger partial charge >= 0.3 is 0 Å². The second kappa shape index (κ2) is 19.4. The van der Waals surface area contributed by atoms with Crippen LogP contribution in [0.25, 0.3) is 89.1 Å². The zero-order valence-corrected chi connectivity index (χ0v) is 46.3. The van der Waals surface area contributed by atoms with Crippen molar-refractivity contribution >= 4 is 0 Å². The Balaban J connectivity index is 1.33. The molecule has 0 saturated heterocycles. The molecular weight excluding hydrogens is 879 g/mol. The molecule has 0 saturated carbocycles. The Bertz CT molecular complexity index is 3080. The molecule has 0 N–H and O–H groups in total. The molecule has 0 aliphatic carbocycles. The highest BCUT2D eigenvalue weighted by Crippen LogP contribution is 2.45. The number of hydrogen-bond donors (Lipinski definition) is 0. The van der Waals surface area contributed by atoms with Crippen molar-refractivity contribution in [3.05, 3.63) is 221 Å². The van der Waals surface area contributed by atoms with Gasteiger partial charge in [-0.05, 0) is 214 Å². The van der Waals surface area contributed by atoms with E-state index in [1.165, 1.54) is 106 Å². The normalized spacial score (nSPS) is 12.3. The second-order valence-electron chi connectivity index (χ2n) is 24.7. The average Bonchev–Trinajstić information content (AvgIpc) is 3.36. The number of pyridine rings is 1. The Labute approximate surface area is 438 Å². The van der Waals surface area contributed by atoms with Crippen molar-refractivity contribution in [1.82, 2.24) is 4.98 Å². The summed E-state index contributed by atoms with van der Waals surface area (Å²) in [6.45, 7) is 34.4. The van der Waals surface area contributed by atoms with E-state index >= 15 is 0 Å². The maximum atomic E-state index is 4.77. The molecule has 1 heteroatoms. The lowest BCUT2D eigenvalue weighted by Gasteiger charge is -2.23. The van der Waals surface area contributed by atoms with Crippen molar-refractivity contribution in [2.24, 2.45) is 0 Å². The monoisotopic (exact) mass is 954 g/mol. The van der Waals surface area contributed by atoms with E-state index in [1.807, 2.05) is 12.3 Å². The predicted molar refractivity (Wildman–Crippen MR) is 317 cm³/mol. The lowest BCUT2D eigenvalue weighted by Crippen LogP contribution is -2.10. The Morgan fingerprint density at radius 1 is 0.247 bits per heavy atom. The highest BCUT2D eigenvalue weighted by atomic mass is 14.7. The first-order chi connectivity index (χ1) is 34.4. The Kier molecular flexibility index (Phi) is 13.5. The molecule has 0 aliphatic heterocycles. The van der Waals surface area contributed by atoms with Gasteiger partial charge in [-0.3, -0.25) is 4.98 Å². The summed E-state index contributed by atoms with van der Waals surface area (Å²) in [5, 5.41) is 0. The van der Waals surface area contributed by atoms with E-state index in [4.69, 9.17) is 4.98 Å². The molecule has 1 heterocycles. The first-order valence-corrected chi connectivity index (χ1v) is 26.3. The highest BCUT2D eigenvalue weighted by molar-refractivity contribution is 5.93. The fourth-order valence-corrected chi connectivity index (χ4v) is 10.4. The largest absolute Gasteiger partial charge is 0.256 e. The summed E-state index contributed by atoms with van der Waals surface area (Å²) in [7, 11) is 0. The van der Waals surface area contributed by atoms with Gasteiger partial charge in [-0.25, -0.2) is 0 Å². The standard InChI is InChI=1S/C72H75N/c1-46-62(49-22-30-58(31-23-49)69(4,5)6)42-56(43-63(46)50-24-32-59(33-25-50)70(7,8)9)66-40-55(53-19-18-20-54(39-53)68-21-16-17-38-73-68)41-67(48(66)3)57-44-64(51-26-34-60(35-27-51)71(10,11)12)47(2)65(45-57)52-28-36-61(37-29-52)72(13,14)15/h16-45H,1-15H3. The Morgan fingerprint density at radius 2 is 0.534 bits per heavy atom. The van der Waals surface area contributed by atoms with Crippen LogP contribution in [0.5, 0.6) is 0 Å². The molecule has 0 fully saturated rings. The zero-order chi connectivity index (χ0) is 52.2. The van der Waals surface area contributed by atoms with Crippen LogP contribution in [-0.4, -0.2) is 4.98 Å². The van der Waals surface area contributed by atoms with E-state index in [2.05, 4.69) is 274 Å². The third-order valence-corrected chi connectivity index (χ3v) is 15.2. The summed E-state index contributed by atoms with van der Waals surface area (Å²) in [5.41, 5.74) is 28.4. The number of hydrogen-bond acceptors (Lipinski definition) is 1. The van der Waals surface area contributed by atoms with Crippen molar-refractivity contribution < 1.29 is 0 Å². The van der Waals surface area contributed by atoms with Crippen LogP contribution < -0.4 is 0 Å². The first-order valence-electron chi connectivity index (χ1n) is 26.3. The molecule has 0 aliphatic rings. The fourth-order valence-electron chi connectivity index (χ4n) is 10.4. The topological polar surface area (TPSA) is 12.9 Å². The van der Waals surface area contributed by atoms with Crippen LogP contribution in [0.1, 0.15) is 122 Å². The lowest BCUT2D eigenvalue weighted by atomic mass is 9.81. The zero-order valence-electron chi connectivity index (χ0n) is 46.3. The van der Waals surface area contributed by atoms with E-state index in [0.717, 1.165) is 22.4 Å². The van der Waals surface area contributed by atoms with Crippen LogP contribution in [0.3, 0.4) is 0 Å². The number of nitrogens with zero attached hydrogens (tertiary/aromatic N) is 1. The second-order valence-corrected chi connectivity index (χ2v) is 24.7. The van der Waals surface area contributed by atoms with Gasteiger partial charge in [0.1, 0.15) is 0 Å². The predicted octanol–water partition coefficient (Wildman–Crippen LogP) is 20.5. The number of benzene rings is 8. The molecule has 0 bridgehead atoms. The molecule has 1 nitrogen and oxygen atoms in total. The Morgan fingerprint density at radius 3 is 0.822 bits per heavy atom. The van der Waals surface area contributed by atoms with Crippen molar-refractivity contribution in [1.29, 1.82) is 0 Å². The minimum Gasteiger partial charge on any atom is -0.256 e. The molecule has 0 atom stereocenters. The van der Waals surface area contributed by atoms with E-state index in [-0.39, 0.29) is 21.7 Å². The summed E-state index contributed by atoms with van der Waals surface area (Å²) in [4.78, 5) is 4.77. The Hall–Kier alpha value is -7.09. The molecule has 73 heavy (non-hydrogen) atoms. The van der Waals surface area contributed by atoms with Crippen molar-refractivity contribution in [2.45, 2.75) is 126 Å². The summed E-state index contributed by atoms with van der Waals surface area (Å²) < 4.78 is 0. The van der Waals surface area contributed by atoms with Crippen LogP contribution in [0.2, 0.25) is 0 Å². The molecule has 9 rings (SSSR count). The first kappa shape index (κ1) is 50.8. The quantitative estimate of drug-likeness (QED) is 0.148. The van der Waals surface area contributed by atoms with Crippen molar-refractivity contribution in [2.75, 3.05) is 0 Å². The third kappa shape index (κ3) is 10.7. The van der Waals surface area contributed by atoms with Gasteiger partial charge < -0.3 is 0 Å². The molecule has 8 aromatic carbocycles. The van der Waals surface area contributed by atoms with Crippen LogP contribution >= 0.6 is 0 Å². The van der Waals surface area contributed by atoms with Gasteiger partial charge in [-0.15, -0.1) is 0 Å². The van der Waals surface area contributed by atoms with Gasteiger partial charge in [0, 0.05) is 11.8 Å². The minimum absolute atomic E-state index is 0.0542. The van der Waals surface area contributed by atoms with Gasteiger partial charge in [0.15, 0.2) is 0 Å². The molecular formula is C72H75N. The van der Waals surface area contributed by atoms with Gasteiger partial charge in [-0.1, -0.05) is 204 Å². The maximum absolute atomic E-state index is 4.77. The van der Waals surface area contributed by atoms with Crippen molar-refractivity contribution in [3.8, 4) is 89.1 Å². The minimum atomic E-state index is 0.0542. The van der Waals surface area contributed by atoms with Crippen molar-refractivity contribution in [3.63, 3.8) is 0 Å². The SMILES string of the molecule is Cc1c(-c2cc(-c3ccc(C(C)(C)C)cc3)c(C)c(-c3ccc(C(C)(C)C)cc3)c2)cc(-c2cccc(-c3ccccn3)c2)cc1-c1cc(-c2ccc(C(C)(C)C)cc2)c(C)c(-c2ccc(C(C)(C)C)cc2)c1. The summed E-state index contributed by atoms with van der Waals surface area (Å²) in [6.07, 6.45) is 1.88. The molecule has 0 unspecified atom stereocenters. The molecule has 368 valence electrons. The van der Waals surface area contributed by atoms with Crippen LogP contribution in [-0.2, 0) is 21.7 Å². The lowest BCUT2D eigenvalue weighted by molar-refractivity contribution is 0.590. The van der Waals surface area contributed by atoms with Crippen LogP contribution in [0.4, 0.5) is 0 Å². The number of rotatable bonds is 8. The van der Waals surface area contributed by atoms with E-state index in [1.54, 1.807) is 0 Å². The third-order valence-electron chi connectivity index (χ3n) is 15.2. The summed E-state index contributed by atoms with van der Waals surface area (Å²) in [5.74, 6) is 0. The molecule has 0 radical (unpaired) electrons. The smallest absolute Gasteiger partial charge is 0.0702 e. The van der Waals surface area contributed by atoms with Crippen LogP contribution in [0.15, 0.2) is 182 Å². The summed E-state index contributed by atoms with van der Waals surface area (Å²) in [6, 6.07) is 66.9. The van der Waals surface area contributed by atoms with Gasteiger partial charge in [-0.2, -0.15) is 0 Å². The summed E-state index contributed by atoms with van der Waals surface area (Å²) >= 11 is 0. The fraction of sp³-hybridized carbons (Fsp3) is 0.264. The molecule has 9 aromatic rings. The average molecular weight is 954 g/mol. The highest BCUT2D eigenvalue weighted by Gasteiger charge is 2.23. The van der Waals surface area contributed by atoms with Gasteiger partial charge in [0.2, 0.25) is 0 Å². The van der Waals surface area contributed by atoms with Crippen LogP contribution in [0, 0.1) is 20.8 Å². The molecule has 0 amide bonds. The van der Waals surface area contributed by atoms with E-state index in [9.17, 15) is 0 Å². The van der Waals surface area contributed by atoms with E-state index in [0.29, 0.717) is 0 Å².